The van der Waals surface area contributed by atoms with Crippen molar-refractivity contribution in [2.45, 2.75) is 10.9 Å². The Bertz CT molecular complexity index is 853. The highest BCUT2D eigenvalue weighted by Gasteiger charge is 2.11. The van der Waals surface area contributed by atoms with Crippen molar-refractivity contribution in [3.05, 3.63) is 70.0 Å². The number of rotatable bonds is 5. The lowest BCUT2D eigenvalue weighted by Crippen LogP contribution is -1.89. The number of benzene rings is 2. The van der Waals surface area contributed by atoms with Crippen molar-refractivity contribution in [3.8, 4) is 11.4 Å². The van der Waals surface area contributed by atoms with Crippen LogP contribution in [0.15, 0.2) is 53.7 Å². The zero-order valence-corrected chi connectivity index (χ0v) is 12.6. The van der Waals surface area contributed by atoms with E-state index in [1.165, 1.54) is 30.0 Å². The maximum absolute atomic E-state index is 13.7. The molecule has 8 heteroatoms. The molecule has 0 saturated heterocycles. The lowest BCUT2D eigenvalue weighted by Gasteiger charge is -1.98. The molecule has 0 spiro atoms. The summed E-state index contributed by atoms with van der Waals surface area (Å²) in [4.78, 5) is 14.6. The second-order valence-corrected chi connectivity index (χ2v) is 5.60. The SMILES string of the molecule is O=[N+]([O-])c1cccc(CSc2n[nH]c(-c3ccccc3F)n2)c1. The van der Waals surface area contributed by atoms with Crippen LogP contribution in [-0.2, 0) is 5.75 Å². The van der Waals surface area contributed by atoms with Crippen LogP contribution in [0.4, 0.5) is 10.1 Å². The quantitative estimate of drug-likeness (QED) is 0.437. The summed E-state index contributed by atoms with van der Waals surface area (Å²) in [6, 6.07) is 12.7. The van der Waals surface area contributed by atoms with Gasteiger partial charge in [-0.1, -0.05) is 36.0 Å². The summed E-state index contributed by atoms with van der Waals surface area (Å²) in [6.07, 6.45) is 0. The van der Waals surface area contributed by atoms with E-state index in [1.807, 2.05) is 0 Å². The van der Waals surface area contributed by atoms with Crippen LogP contribution in [0, 0.1) is 15.9 Å². The highest BCUT2D eigenvalue weighted by Crippen LogP contribution is 2.25. The number of nitrogens with zero attached hydrogens (tertiary/aromatic N) is 3. The van der Waals surface area contributed by atoms with Crippen LogP contribution in [0.3, 0.4) is 0 Å². The second-order valence-electron chi connectivity index (χ2n) is 4.66. The average Bonchev–Trinajstić information content (AvgIpc) is 3.02. The molecular formula is C15H11FN4O2S. The molecule has 1 aromatic heterocycles. The van der Waals surface area contributed by atoms with Gasteiger partial charge in [0.15, 0.2) is 5.82 Å². The number of nitrogens with one attached hydrogen (secondary N) is 1. The molecule has 2 aromatic carbocycles. The first-order valence-electron chi connectivity index (χ1n) is 6.67. The first kappa shape index (κ1) is 15.2. The number of aromatic amines is 1. The molecule has 0 amide bonds. The number of nitro groups is 1. The largest absolute Gasteiger partial charge is 0.269 e. The molecule has 0 aliphatic heterocycles. The Morgan fingerprint density at radius 2 is 2.04 bits per heavy atom. The lowest BCUT2D eigenvalue weighted by molar-refractivity contribution is -0.384. The highest BCUT2D eigenvalue weighted by atomic mass is 32.2. The van der Waals surface area contributed by atoms with E-state index in [0.717, 1.165) is 5.56 Å². The summed E-state index contributed by atoms with van der Waals surface area (Å²) < 4.78 is 13.7. The summed E-state index contributed by atoms with van der Waals surface area (Å²) in [5, 5.41) is 17.9. The van der Waals surface area contributed by atoms with Gasteiger partial charge < -0.3 is 0 Å². The number of aromatic nitrogens is 3. The van der Waals surface area contributed by atoms with Crippen molar-refractivity contribution < 1.29 is 9.31 Å². The Morgan fingerprint density at radius 3 is 2.83 bits per heavy atom. The predicted molar refractivity (Wildman–Crippen MR) is 84.4 cm³/mol. The van der Waals surface area contributed by atoms with Gasteiger partial charge in [0.25, 0.3) is 5.69 Å². The molecule has 0 atom stereocenters. The molecule has 0 bridgehead atoms. The van der Waals surface area contributed by atoms with Crippen molar-refractivity contribution in [3.63, 3.8) is 0 Å². The van der Waals surface area contributed by atoms with Crippen molar-refractivity contribution in [1.29, 1.82) is 0 Å². The average molecular weight is 330 g/mol. The predicted octanol–water partition coefficient (Wildman–Crippen LogP) is 3.81. The maximum Gasteiger partial charge on any atom is 0.269 e. The summed E-state index contributed by atoms with van der Waals surface area (Å²) >= 11 is 1.32. The third-order valence-corrected chi connectivity index (χ3v) is 4.00. The standard InChI is InChI=1S/C15H11FN4O2S/c16-13-7-2-1-6-12(13)14-17-15(19-18-14)23-9-10-4-3-5-11(8-10)20(21)22/h1-8H,9H2,(H,17,18,19). The molecule has 6 nitrogen and oxygen atoms in total. The summed E-state index contributed by atoms with van der Waals surface area (Å²) in [6.45, 7) is 0. The molecule has 0 fully saturated rings. The summed E-state index contributed by atoms with van der Waals surface area (Å²) in [7, 11) is 0. The molecule has 116 valence electrons. The summed E-state index contributed by atoms with van der Waals surface area (Å²) in [5.74, 6) is 0.458. The van der Waals surface area contributed by atoms with Gasteiger partial charge in [-0.15, -0.1) is 5.10 Å². The Kier molecular flexibility index (Phi) is 4.33. The molecule has 0 aliphatic carbocycles. The molecule has 0 aliphatic rings. The minimum Gasteiger partial charge on any atom is -0.258 e. The minimum absolute atomic E-state index is 0.0464. The van der Waals surface area contributed by atoms with E-state index in [4.69, 9.17) is 0 Å². The van der Waals surface area contributed by atoms with Crippen molar-refractivity contribution in [1.82, 2.24) is 15.2 Å². The molecule has 3 rings (SSSR count). The van der Waals surface area contributed by atoms with Gasteiger partial charge in [-0.3, -0.25) is 15.2 Å². The van der Waals surface area contributed by atoms with Crippen LogP contribution in [-0.4, -0.2) is 20.1 Å². The first-order valence-corrected chi connectivity index (χ1v) is 7.65. The van der Waals surface area contributed by atoms with E-state index in [-0.39, 0.29) is 11.5 Å². The fourth-order valence-electron chi connectivity index (χ4n) is 1.99. The second kappa shape index (κ2) is 6.57. The van der Waals surface area contributed by atoms with E-state index in [2.05, 4.69) is 15.2 Å². The number of hydrogen-bond donors (Lipinski definition) is 1. The third kappa shape index (κ3) is 3.54. The topological polar surface area (TPSA) is 84.7 Å². The number of nitro benzene ring substituents is 1. The Morgan fingerprint density at radius 1 is 1.22 bits per heavy atom. The van der Waals surface area contributed by atoms with Gasteiger partial charge in [0, 0.05) is 17.9 Å². The Hall–Kier alpha value is -2.74. The first-order chi connectivity index (χ1) is 11.1. The monoisotopic (exact) mass is 330 g/mol. The molecule has 23 heavy (non-hydrogen) atoms. The van der Waals surface area contributed by atoms with Gasteiger partial charge in [0.2, 0.25) is 5.16 Å². The van der Waals surface area contributed by atoms with E-state index < -0.39 is 4.92 Å². The smallest absolute Gasteiger partial charge is 0.258 e. The highest BCUT2D eigenvalue weighted by molar-refractivity contribution is 7.98. The van der Waals surface area contributed by atoms with Crippen LogP contribution in [0.1, 0.15) is 5.56 Å². The Labute approximate surface area is 134 Å². The maximum atomic E-state index is 13.7. The van der Waals surface area contributed by atoms with Gasteiger partial charge in [0.05, 0.1) is 10.5 Å². The molecule has 0 unspecified atom stereocenters. The van der Waals surface area contributed by atoms with Crippen LogP contribution in [0.2, 0.25) is 0 Å². The van der Waals surface area contributed by atoms with Gasteiger partial charge in [-0.2, -0.15) is 0 Å². The third-order valence-electron chi connectivity index (χ3n) is 3.08. The van der Waals surface area contributed by atoms with Crippen LogP contribution < -0.4 is 0 Å². The summed E-state index contributed by atoms with van der Waals surface area (Å²) in [5.41, 5.74) is 1.19. The molecule has 0 saturated carbocycles. The van der Waals surface area contributed by atoms with Crippen molar-refractivity contribution in [2.24, 2.45) is 0 Å². The van der Waals surface area contributed by atoms with Crippen molar-refractivity contribution >= 4 is 17.4 Å². The van der Waals surface area contributed by atoms with Gasteiger partial charge in [0.1, 0.15) is 5.82 Å². The van der Waals surface area contributed by atoms with E-state index in [1.54, 1.807) is 30.3 Å². The zero-order valence-electron chi connectivity index (χ0n) is 11.8. The van der Waals surface area contributed by atoms with Gasteiger partial charge in [-0.05, 0) is 17.7 Å². The number of H-pyrrole nitrogens is 1. The molecular weight excluding hydrogens is 319 g/mol. The number of hydrogen-bond acceptors (Lipinski definition) is 5. The lowest BCUT2D eigenvalue weighted by atomic mass is 10.2. The molecule has 0 radical (unpaired) electrons. The number of non-ortho nitro benzene ring substituents is 1. The van der Waals surface area contributed by atoms with Crippen molar-refractivity contribution in [2.75, 3.05) is 0 Å². The normalized spacial score (nSPS) is 10.7. The van der Waals surface area contributed by atoms with Crippen LogP contribution in [0.25, 0.3) is 11.4 Å². The van der Waals surface area contributed by atoms with E-state index in [0.29, 0.717) is 22.3 Å². The Balaban J connectivity index is 1.72. The fourth-order valence-corrected chi connectivity index (χ4v) is 2.73. The van der Waals surface area contributed by atoms with Crippen LogP contribution in [0.5, 0.6) is 0 Å². The molecule has 3 aromatic rings. The molecule has 1 N–H and O–H groups in total. The fraction of sp³-hybridized carbons (Fsp3) is 0.0667. The van der Waals surface area contributed by atoms with E-state index >= 15 is 0 Å². The number of thioether (sulfide) groups is 1. The number of halogens is 1. The van der Waals surface area contributed by atoms with Gasteiger partial charge >= 0.3 is 0 Å². The molecule has 1 heterocycles. The zero-order chi connectivity index (χ0) is 16.2. The van der Waals surface area contributed by atoms with Gasteiger partial charge in [-0.25, -0.2) is 9.37 Å². The van der Waals surface area contributed by atoms with Crippen LogP contribution >= 0.6 is 11.8 Å². The minimum atomic E-state index is -0.433. The van der Waals surface area contributed by atoms with E-state index in [9.17, 15) is 14.5 Å².